The standard InChI is InChI=1S/C22H25N3O4/c1-23-10-6-9-16(21(23)27)12-24-13-17-11-18(22(28)29-2)20(25(17)19(26)14-24)15-7-4-3-5-8-15/h3-10,17-18,20H,11-14H2,1-2H3/t17-,18-,20-/m0/s1. The second-order valence-corrected chi connectivity index (χ2v) is 7.79. The van der Waals surface area contributed by atoms with Gasteiger partial charge in [-0.2, -0.15) is 0 Å². The second-order valence-electron chi connectivity index (χ2n) is 7.79. The van der Waals surface area contributed by atoms with Gasteiger partial charge in [-0.1, -0.05) is 36.4 Å². The van der Waals surface area contributed by atoms with Gasteiger partial charge in [0.1, 0.15) is 0 Å². The van der Waals surface area contributed by atoms with Crippen LogP contribution in [0.2, 0.25) is 0 Å². The number of aromatic nitrogens is 1. The van der Waals surface area contributed by atoms with Crippen LogP contribution >= 0.6 is 0 Å². The number of pyridine rings is 1. The van der Waals surface area contributed by atoms with Gasteiger partial charge in [-0.15, -0.1) is 0 Å². The van der Waals surface area contributed by atoms with Crippen LogP contribution in [0.3, 0.4) is 0 Å². The molecule has 2 aromatic rings. The van der Waals surface area contributed by atoms with Crippen LogP contribution in [0.5, 0.6) is 0 Å². The third kappa shape index (κ3) is 3.58. The van der Waals surface area contributed by atoms with Crippen LogP contribution in [-0.4, -0.2) is 52.5 Å². The summed E-state index contributed by atoms with van der Waals surface area (Å²) >= 11 is 0. The SMILES string of the molecule is COC(=O)[C@H]1C[C@H]2CN(Cc3cccn(C)c3=O)CC(=O)N2[C@H]1c1ccccc1. The van der Waals surface area contributed by atoms with Gasteiger partial charge in [-0.05, 0) is 18.1 Å². The van der Waals surface area contributed by atoms with Crippen LogP contribution in [0.1, 0.15) is 23.6 Å². The summed E-state index contributed by atoms with van der Waals surface area (Å²) in [6, 6.07) is 12.9. The molecule has 4 rings (SSSR count). The Kier molecular flexibility index (Phi) is 5.24. The summed E-state index contributed by atoms with van der Waals surface area (Å²) in [5.41, 5.74) is 1.56. The molecule has 7 heteroatoms. The Morgan fingerprint density at radius 3 is 2.62 bits per heavy atom. The molecule has 1 amide bonds. The van der Waals surface area contributed by atoms with Gasteiger partial charge < -0.3 is 14.2 Å². The Morgan fingerprint density at radius 1 is 1.14 bits per heavy atom. The molecule has 0 unspecified atom stereocenters. The highest BCUT2D eigenvalue weighted by Crippen LogP contribution is 2.43. The van der Waals surface area contributed by atoms with Crippen LogP contribution in [0.15, 0.2) is 53.5 Å². The molecule has 3 atom stereocenters. The van der Waals surface area contributed by atoms with Crippen molar-refractivity contribution in [3.8, 4) is 0 Å². The molecule has 2 aliphatic heterocycles. The van der Waals surface area contributed by atoms with E-state index in [0.29, 0.717) is 25.1 Å². The molecule has 7 nitrogen and oxygen atoms in total. The Hall–Kier alpha value is -2.93. The Labute approximate surface area is 169 Å². The van der Waals surface area contributed by atoms with Crippen molar-refractivity contribution in [2.24, 2.45) is 13.0 Å². The lowest BCUT2D eigenvalue weighted by atomic mass is 9.93. The molecule has 2 fully saturated rings. The molecule has 1 aromatic heterocycles. The number of methoxy groups -OCH3 is 1. The molecule has 1 aromatic carbocycles. The molecular formula is C22H25N3O4. The number of aryl methyl sites for hydroxylation is 1. The van der Waals surface area contributed by atoms with Crippen molar-refractivity contribution in [2.75, 3.05) is 20.2 Å². The number of hydrogen-bond acceptors (Lipinski definition) is 5. The van der Waals surface area contributed by atoms with Gasteiger partial charge in [-0.3, -0.25) is 19.3 Å². The number of fused-ring (bicyclic) bond motifs is 1. The third-order valence-corrected chi connectivity index (χ3v) is 5.96. The molecular weight excluding hydrogens is 370 g/mol. The summed E-state index contributed by atoms with van der Waals surface area (Å²) in [7, 11) is 3.11. The van der Waals surface area contributed by atoms with Gasteiger partial charge in [-0.25, -0.2) is 0 Å². The van der Waals surface area contributed by atoms with Gasteiger partial charge in [0, 0.05) is 37.9 Å². The maximum Gasteiger partial charge on any atom is 0.311 e. The number of ether oxygens (including phenoxy) is 1. The van der Waals surface area contributed by atoms with Gasteiger partial charge in [0.2, 0.25) is 5.91 Å². The third-order valence-electron chi connectivity index (χ3n) is 5.96. The molecule has 0 aliphatic carbocycles. The van der Waals surface area contributed by atoms with Crippen molar-refractivity contribution in [2.45, 2.75) is 25.0 Å². The number of benzene rings is 1. The smallest absolute Gasteiger partial charge is 0.311 e. The topological polar surface area (TPSA) is 71.8 Å². The maximum absolute atomic E-state index is 13.1. The second kappa shape index (κ2) is 7.83. The molecule has 0 radical (unpaired) electrons. The van der Waals surface area contributed by atoms with E-state index in [2.05, 4.69) is 0 Å². The van der Waals surface area contributed by atoms with E-state index in [4.69, 9.17) is 4.74 Å². The van der Waals surface area contributed by atoms with E-state index < -0.39 is 0 Å². The quantitative estimate of drug-likeness (QED) is 0.731. The average molecular weight is 395 g/mol. The summed E-state index contributed by atoms with van der Waals surface area (Å²) < 4.78 is 6.59. The monoisotopic (exact) mass is 395 g/mol. The van der Waals surface area contributed by atoms with E-state index in [1.165, 1.54) is 7.11 Å². The van der Waals surface area contributed by atoms with E-state index in [1.807, 2.05) is 46.2 Å². The van der Waals surface area contributed by atoms with Crippen molar-refractivity contribution in [3.63, 3.8) is 0 Å². The van der Waals surface area contributed by atoms with Crippen molar-refractivity contribution in [3.05, 3.63) is 70.1 Å². The lowest BCUT2D eigenvalue weighted by molar-refractivity contribution is -0.147. The molecule has 0 spiro atoms. The number of rotatable bonds is 4. The first-order valence-corrected chi connectivity index (χ1v) is 9.80. The fourth-order valence-electron chi connectivity index (χ4n) is 4.67. The summed E-state index contributed by atoms with van der Waals surface area (Å²) in [5, 5.41) is 0. The summed E-state index contributed by atoms with van der Waals surface area (Å²) in [6.07, 6.45) is 2.28. The fraction of sp³-hybridized carbons (Fsp3) is 0.409. The molecule has 152 valence electrons. The molecule has 3 heterocycles. The van der Waals surface area contributed by atoms with Crippen LogP contribution in [0.25, 0.3) is 0 Å². The van der Waals surface area contributed by atoms with Crippen LogP contribution in [-0.2, 0) is 27.9 Å². The predicted molar refractivity (Wildman–Crippen MR) is 107 cm³/mol. The molecule has 29 heavy (non-hydrogen) atoms. The van der Waals surface area contributed by atoms with E-state index >= 15 is 0 Å². The van der Waals surface area contributed by atoms with Gasteiger partial charge in [0.15, 0.2) is 0 Å². The maximum atomic E-state index is 13.1. The van der Waals surface area contributed by atoms with Crippen molar-refractivity contribution < 1.29 is 14.3 Å². The predicted octanol–water partition coefficient (Wildman–Crippen LogP) is 1.33. The molecule has 0 saturated carbocycles. The number of carbonyl (C=O) groups is 2. The van der Waals surface area contributed by atoms with Crippen molar-refractivity contribution in [1.29, 1.82) is 0 Å². The van der Waals surface area contributed by atoms with Crippen molar-refractivity contribution >= 4 is 11.9 Å². The van der Waals surface area contributed by atoms with Crippen LogP contribution in [0, 0.1) is 5.92 Å². The lowest BCUT2D eigenvalue weighted by Gasteiger charge is -2.40. The van der Waals surface area contributed by atoms with E-state index in [1.54, 1.807) is 23.9 Å². The highest BCUT2D eigenvalue weighted by Gasteiger charge is 2.50. The summed E-state index contributed by atoms with van der Waals surface area (Å²) in [4.78, 5) is 41.8. The molecule has 0 N–H and O–H groups in total. The molecule has 2 saturated heterocycles. The average Bonchev–Trinajstić information content (AvgIpc) is 3.11. The van der Waals surface area contributed by atoms with Crippen molar-refractivity contribution in [1.82, 2.24) is 14.4 Å². The number of piperazine rings is 1. The minimum Gasteiger partial charge on any atom is -0.469 e. The van der Waals surface area contributed by atoms with Crippen LogP contribution < -0.4 is 5.56 Å². The van der Waals surface area contributed by atoms with Gasteiger partial charge in [0.25, 0.3) is 5.56 Å². The largest absolute Gasteiger partial charge is 0.469 e. The zero-order valence-electron chi connectivity index (χ0n) is 16.7. The summed E-state index contributed by atoms with van der Waals surface area (Å²) in [6.45, 7) is 1.27. The van der Waals surface area contributed by atoms with Crippen LogP contribution in [0.4, 0.5) is 0 Å². The summed E-state index contributed by atoms with van der Waals surface area (Å²) in [5.74, 6) is -0.695. The Balaban J connectivity index is 1.60. The zero-order chi connectivity index (χ0) is 20.5. The first-order valence-electron chi connectivity index (χ1n) is 9.80. The highest BCUT2D eigenvalue weighted by atomic mass is 16.5. The molecule has 2 aliphatic rings. The van der Waals surface area contributed by atoms with E-state index in [-0.39, 0.29) is 42.0 Å². The number of amides is 1. The fourth-order valence-corrected chi connectivity index (χ4v) is 4.67. The van der Waals surface area contributed by atoms with E-state index in [9.17, 15) is 14.4 Å². The first kappa shape index (κ1) is 19.4. The zero-order valence-corrected chi connectivity index (χ0v) is 16.7. The number of hydrogen-bond donors (Lipinski definition) is 0. The van der Waals surface area contributed by atoms with Gasteiger partial charge in [0.05, 0.1) is 25.6 Å². The molecule has 0 bridgehead atoms. The van der Waals surface area contributed by atoms with Gasteiger partial charge >= 0.3 is 5.97 Å². The first-order chi connectivity index (χ1) is 14.0. The number of esters is 1. The number of nitrogens with zero attached hydrogens (tertiary/aromatic N) is 3. The Bertz CT molecular complexity index is 972. The highest BCUT2D eigenvalue weighted by molar-refractivity contribution is 5.83. The minimum absolute atomic E-state index is 0.0192. The minimum atomic E-state index is -0.388. The van der Waals surface area contributed by atoms with E-state index in [0.717, 1.165) is 5.56 Å². The lowest BCUT2D eigenvalue weighted by Crippen LogP contribution is -2.54. The number of carbonyl (C=O) groups excluding carboxylic acids is 2. The Morgan fingerprint density at radius 2 is 1.90 bits per heavy atom. The normalized spacial score (nSPS) is 24.4.